The van der Waals surface area contributed by atoms with Crippen molar-refractivity contribution in [2.75, 3.05) is 20.8 Å². The Labute approximate surface area is 130 Å². The van der Waals surface area contributed by atoms with Crippen molar-refractivity contribution in [1.82, 2.24) is 5.32 Å². The summed E-state index contributed by atoms with van der Waals surface area (Å²) in [5.74, 6) is 3.39. The van der Waals surface area contributed by atoms with Gasteiger partial charge in [-0.1, -0.05) is 6.07 Å². The van der Waals surface area contributed by atoms with Gasteiger partial charge in [0.05, 0.1) is 14.2 Å². The molecule has 22 heavy (non-hydrogen) atoms. The van der Waals surface area contributed by atoms with Crippen LogP contribution in [0.15, 0.2) is 24.0 Å². The topological polar surface area (TPSA) is 39.7 Å². The van der Waals surface area contributed by atoms with Gasteiger partial charge in [-0.3, -0.25) is 0 Å². The van der Waals surface area contributed by atoms with Gasteiger partial charge >= 0.3 is 0 Å². The van der Waals surface area contributed by atoms with Crippen LogP contribution in [0.25, 0.3) is 0 Å². The van der Waals surface area contributed by atoms with E-state index in [1.165, 1.54) is 11.1 Å². The van der Waals surface area contributed by atoms with Crippen LogP contribution in [0.2, 0.25) is 0 Å². The molecule has 0 aromatic heterocycles. The number of rotatable bonds is 2. The van der Waals surface area contributed by atoms with Gasteiger partial charge in [0.2, 0.25) is 0 Å². The monoisotopic (exact) mass is 299 g/mol. The Balaban J connectivity index is 1.81. The fraction of sp³-hybridized carbons (Fsp3) is 0.556. The van der Waals surface area contributed by atoms with Crippen molar-refractivity contribution in [3.63, 3.8) is 0 Å². The molecule has 1 spiro atoms. The summed E-state index contributed by atoms with van der Waals surface area (Å²) >= 11 is 0. The molecular formula is C18H21NO3. The van der Waals surface area contributed by atoms with Crippen LogP contribution in [-0.4, -0.2) is 32.9 Å². The van der Waals surface area contributed by atoms with Crippen LogP contribution < -0.4 is 14.8 Å². The average molecular weight is 299 g/mol. The van der Waals surface area contributed by atoms with Crippen molar-refractivity contribution >= 4 is 0 Å². The molecule has 4 atom stereocenters. The van der Waals surface area contributed by atoms with E-state index in [0.29, 0.717) is 12.0 Å². The molecule has 5 rings (SSSR count). The molecule has 2 aliphatic carbocycles. The zero-order valence-corrected chi connectivity index (χ0v) is 13.0. The van der Waals surface area contributed by atoms with Gasteiger partial charge in [0.15, 0.2) is 17.6 Å². The zero-order chi connectivity index (χ0) is 14.9. The van der Waals surface area contributed by atoms with Gasteiger partial charge in [-0.2, -0.15) is 0 Å². The molecular weight excluding hydrogens is 278 g/mol. The molecule has 2 heterocycles. The summed E-state index contributed by atoms with van der Waals surface area (Å²) in [5.41, 5.74) is 2.89. The van der Waals surface area contributed by atoms with E-state index in [1.807, 2.05) is 6.07 Å². The van der Waals surface area contributed by atoms with Gasteiger partial charge in [0, 0.05) is 17.0 Å². The molecule has 0 amide bonds. The third kappa shape index (κ3) is 1.29. The second-order valence-electron chi connectivity index (χ2n) is 6.84. The maximum Gasteiger partial charge on any atom is 0.166 e. The number of hydrogen-bond donors (Lipinski definition) is 1. The predicted octanol–water partition coefficient (Wildman–Crippen LogP) is 2.16. The van der Waals surface area contributed by atoms with Gasteiger partial charge in [-0.25, -0.2) is 0 Å². The maximum absolute atomic E-state index is 6.46. The summed E-state index contributed by atoms with van der Waals surface area (Å²) in [6.07, 6.45) is 5.50. The van der Waals surface area contributed by atoms with Crippen LogP contribution >= 0.6 is 0 Å². The summed E-state index contributed by atoms with van der Waals surface area (Å²) < 4.78 is 17.7. The van der Waals surface area contributed by atoms with E-state index < -0.39 is 0 Å². The molecule has 1 fully saturated rings. The largest absolute Gasteiger partial charge is 0.497 e. The highest BCUT2D eigenvalue weighted by Gasteiger charge is 2.63. The highest BCUT2D eigenvalue weighted by atomic mass is 16.6. The van der Waals surface area contributed by atoms with Crippen molar-refractivity contribution in [3.8, 4) is 11.5 Å². The molecule has 0 radical (unpaired) electrons. The van der Waals surface area contributed by atoms with E-state index in [9.17, 15) is 0 Å². The summed E-state index contributed by atoms with van der Waals surface area (Å²) in [6.45, 7) is 1.05. The molecule has 4 nitrogen and oxygen atoms in total. The Morgan fingerprint density at radius 1 is 1.27 bits per heavy atom. The van der Waals surface area contributed by atoms with Crippen molar-refractivity contribution in [2.45, 2.75) is 36.8 Å². The third-order valence-electron chi connectivity index (χ3n) is 6.20. The number of nitrogens with one attached hydrogen (secondary N) is 1. The van der Waals surface area contributed by atoms with Gasteiger partial charge in [-0.05, 0) is 49.4 Å². The molecule has 4 aliphatic rings. The molecule has 4 heteroatoms. The van der Waals surface area contributed by atoms with Crippen molar-refractivity contribution in [3.05, 3.63) is 35.1 Å². The van der Waals surface area contributed by atoms with E-state index in [2.05, 4.69) is 17.5 Å². The van der Waals surface area contributed by atoms with Crippen LogP contribution in [0.1, 0.15) is 24.0 Å². The van der Waals surface area contributed by atoms with Crippen molar-refractivity contribution < 1.29 is 14.2 Å². The lowest BCUT2D eigenvalue weighted by Gasteiger charge is -2.54. The summed E-state index contributed by atoms with van der Waals surface area (Å²) in [4.78, 5) is 0. The minimum atomic E-state index is 0.00574. The summed E-state index contributed by atoms with van der Waals surface area (Å²) in [5, 5.41) is 3.73. The maximum atomic E-state index is 6.46. The minimum Gasteiger partial charge on any atom is -0.497 e. The van der Waals surface area contributed by atoms with Crippen molar-refractivity contribution in [2.24, 2.45) is 5.92 Å². The lowest BCUT2D eigenvalue weighted by Crippen LogP contribution is -2.63. The molecule has 2 aliphatic heterocycles. The van der Waals surface area contributed by atoms with Gasteiger partial charge in [0.25, 0.3) is 0 Å². The van der Waals surface area contributed by atoms with Crippen LogP contribution in [0.3, 0.4) is 0 Å². The Kier molecular flexibility index (Phi) is 2.44. The molecule has 1 N–H and O–H groups in total. The van der Waals surface area contributed by atoms with Gasteiger partial charge in [-0.15, -0.1) is 0 Å². The number of hydrogen-bond acceptors (Lipinski definition) is 4. The molecule has 3 unspecified atom stereocenters. The number of benzene rings is 1. The van der Waals surface area contributed by atoms with Crippen molar-refractivity contribution in [1.29, 1.82) is 0 Å². The number of piperidine rings is 1. The molecule has 2 bridgehead atoms. The summed E-state index contributed by atoms with van der Waals surface area (Å²) in [6, 6.07) is 4.82. The third-order valence-corrected chi connectivity index (χ3v) is 6.20. The van der Waals surface area contributed by atoms with E-state index in [4.69, 9.17) is 14.2 Å². The predicted molar refractivity (Wildman–Crippen MR) is 82.4 cm³/mol. The SMILES string of the molecule is COC1=CCC2C3Cc4ccc(OC)c5c4[C@@]2(CCN3)C1O5. The standard InChI is InChI=1S/C18H21NO3/c1-20-13-5-3-10-9-12-11-4-6-14(21-2)17-18(11,7-8-19-12)15(10)16(13)22-17/h3,5-6,11-12,17,19H,4,7-9H2,1-2H3/t11?,12?,17?,18-/m0/s1. The molecule has 0 saturated carbocycles. The lowest BCUT2D eigenvalue weighted by molar-refractivity contribution is 0.0182. The highest BCUT2D eigenvalue weighted by Crippen LogP contribution is 2.62. The van der Waals surface area contributed by atoms with E-state index in [1.54, 1.807) is 14.2 Å². The molecule has 116 valence electrons. The molecule has 1 saturated heterocycles. The van der Waals surface area contributed by atoms with E-state index in [-0.39, 0.29) is 11.5 Å². The first-order chi connectivity index (χ1) is 10.8. The van der Waals surface area contributed by atoms with Crippen LogP contribution in [0, 0.1) is 5.92 Å². The van der Waals surface area contributed by atoms with Gasteiger partial charge < -0.3 is 19.5 Å². The molecule has 1 aromatic rings. The smallest absolute Gasteiger partial charge is 0.166 e. The fourth-order valence-electron chi connectivity index (χ4n) is 5.38. The van der Waals surface area contributed by atoms with E-state index >= 15 is 0 Å². The number of allylic oxidation sites excluding steroid dienone is 1. The average Bonchev–Trinajstić information content (AvgIpc) is 2.88. The second kappa shape index (κ2) is 4.19. The normalized spacial score (nSPS) is 37.0. The molecule has 1 aromatic carbocycles. The van der Waals surface area contributed by atoms with E-state index in [0.717, 1.165) is 43.1 Å². The lowest BCUT2D eigenvalue weighted by atomic mass is 9.53. The van der Waals surface area contributed by atoms with Crippen LogP contribution in [0.4, 0.5) is 0 Å². The zero-order valence-electron chi connectivity index (χ0n) is 13.0. The van der Waals surface area contributed by atoms with Crippen LogP contribution in [0.5, 0.6) is 11.5 Å². The Morgan fingerprint density at radius 3 is 3.00 bits per heavy atom. The summed E-state index contributed by atoms with van der Waals surface area (Å²) in [7, 11) is 3.48. The Morgan fingerprint density at radius 2 is 2.18 bits per heavy atom. The Bertz CT molecular complexity index is 683. The minimum absolute atomic E-state index is 0.00574. The van der Waals surface area contributed by atoms with Crippen LogP contribution in [-0.2, 0) is 16.6 Å². The Hall–Kier alpha value is -1.68. The number of methoxy groups -OCH3 is 2. The second-order valence-corrected chi connectivity index (χ2v) is 6.84. The first kappa shape index (κ1) is 12.8. The number of ether oxygens (including phenoxy) is 3. The first-order valence-corrected chi connectivity index (χ1v) is 8.14. The fourth-order valence-corrected chi connectivity index (χ4v) is 5.38. The quantitative estimate of drug-likeness (QED) is 0.908. The first-order valence-electron chi connectivity index (χ1n) is 8.14. The van der Waals surface area contributed by atoms with Gasteiger partial charge in [0.1, 0.15) is 5.76 Å². The highest BCUT2D eigenvalue weighted by molar-refractivity contribution is 5.62.